The van der Waals surface area contributed by atoms with Gasteiger partial charge in [-0.2, -0.15) is 0 Å². The molecule has 138 valence electrons. The molecular weight excluding hydrogens is 350 g/mol. The lowest BCUT2D eigenvalue weighted by atomic mass is 9.99. The Morgan fingerprint density at radius 1 is 0.889 bits per heavy atom. The van der Waals surface area contributed by atoms with Crippen molar-refractivity contribution >= 4 is 22.5 Å². The highest BCUT2D eigenvalue weighted by Gasteiger charge is 2.21. The van der Waals surface area contributed by atoms with Crippen molar-refractivity contribution in [3.8, 4) is 17.2 Å². The van der Waals surface area contributed by atoms with Gasteiger partial charge in [0.1, 0.15) is 11.4 Å². The smallest absolute Gasteiger partial charge is 0.337 e. The molecule has 0 aliphatic rings. The van der Waals surface area contributed by atoms with E-state index >= 15 is 0 Å². The molecule has 1 N–H and O–H groups in total. The SMILES string of the molecule is COc1ccc(C(=O)c2ncc(C(=O)O)c3cc(OC)c(OC)cc23)cc1. The predicted octanol–water partition coefficient (Wildman–Crippen LogP) is 3.19. The van der Waals surface area contributed by atoms with E-state index in [0.29, 0.717) is 33.6 Å². The lowest BCUT2D eigenvalue weighted by molar-refractivity contribution is 0.0698. The Labute approximate surface area is 155 Å². The van der Waals surface area contributed by atoms with Crippen LogP contribution in [-0.4, -0.2) is 43.2 Å². The molecule has 0 aliphatic heterocycles. The van der Waals surface area contributed by atoms with Gasteiger partial charge in [-0.15, -0.1) is 0 Å². The van der Waals surface area contributed by atoms with Crippen molar-refractivity contribution in [3.05, 3.63) is 59.4 Å². The van der Waals surface area contributed by atoms with Crippen LogP contribution in [0, 0.1) is 0 Å². The first-order chi connectivity index (χ1) is 13.0. The molecule has 0 fully saturated rings. The van der Waals surface area contributed by atoms with Crippen molar-refractivity contribution < 1.29 is 28.9 Å². The molecule has 1 heterocycles. The fourth-order valence-corrected chi connectivity index (χ4v) is 2.80. The Morgan fingerprint density at radius 3 is 2.00 bits per heavy atom. The molecule has 0 unspecified atom stereocenters. The van der Waals surface area contributed by atoms with Gasteiger partial charge in [-0.1, -0.05) is 0 Å². The maximum absolute atomic E-state index is 13.0. The van der Waals surface area contributed by atoms with Crippen LogP contribution in [0.4, 0.5) is 0 Å². The van der Waals surface area contributed by atoms with Gasteiger partial charge in [0.15, 0.2) is 11.5 Å². The number of benzene rings is 2. The quantitative estimate of drug-likeness (QED) is 0.669. The third-order valence-corrected chi connectivity index (χ3v) is 4.19. The van der Waals surface area contributed by atoms with E-state index in [1.807, 2.05) is 0 Å². The highest BCUT2D eigenvalue weighted by molar-refractivity contribution is 6.17. The zero-order valence-corrected chi connectivity index (χ0v) is 15.0. The fraction of sp³-hybridized carbons (Fsp3) is 0.150. The van der Waals surface area contributed by atoms with E-state index in [-0.39, 0.29) is 17.0 Å². The Morgan fingerprint density at radius 2 is 1.48 bits per heavy atom. The second-order valence-electron chi connectivity index (χ2n) is 5.64. The van der Waals surface area contributed by atoms with Crippen molar-refractivity contribution in [2.45, 2.75) is 0 Å². The molecule has 0 atom stereocenters. The molecule has 0 amide bonds. The minimum Gasteiger partial charge on any atom is -0.497 e. The lowest BCUT2D eigenvalue weighted by Gasteiger charge is -2.13. The zero-order valence-electron chi connectivity index (χ0n) is 15.0. The lowest BCUT2D eigenvalue weighted by Crippen LogP contribution is -2.08. The van der Waals surface area contributed by atoms with Crippen LogP contribution < -0.4 is 14.2 Å². The molecule has 0 aliphatic carbocycles. The van der Waals surface area contributed by atoms with Gasteiger partial charge >= 0.3 is 5.97 Å². The van der Waals surface area contributed by atoms with Gasteiger partial charge in [0, 0.05) is 22.5 Å². The number of aromatic nitrogens is 1. The number of hydrogen-bond donors (Lipinski definition) is 1. The number of fused-ring (bicyclic) bond motifs is 1. The highest BCUT2D eigenvalue weighted by Crippen LogP contribution is 2.35. The molecule has 3 aromatic rings. The van der Waals surface area contributed by atoms with Crippen molar-refractivity contribution in [2.75, 3.05) is 21.3 Å². The number of carboxylic acids is 1. The number of methoxy groups -OCH3 is 3. The zero-order chi connectivity index (χ0) is 19.6. The molecule has 0 spiro atoms. The third kappa shape index (κ3) is 3.27. The van der Waals surface area contributed by atoms with Crippen LogP contribution in [0.3, 0.4) is 0 Å². The number of rotatable bonds is 6. The van der Waals surface area contributed by atoms with E-state index in [1.165, 1.54) is 33.6 Å². The van der Waals surface area contributed by atoms with E-state index < -0.39 is 5.97 Å². The Hall–Kier alpha value is -3.61. The largest absolute Gasteiger partial charge is 0.497 e. The minimum atomic E-state index is -1.15. The van der Waals surface area contributed by atoms with E-state index in [4.69, 9.17) is 14.2 Å². The Balaban J connectivity index is 2.24. The average Bonchev–Trinajstić information content (AvgIpc) is 2.71. The normalized spacial score (nSPS) is 10.5. The van der Waals surface area contributed by atoms with Gasteiger partial charge in [-0.05, 0) is 36.4 Å². The maximum atomic E-state index is 13.0. The monoisotopic (exact) mass is 367 g/mol. The molecule has 1 aromatic heterocycles. The third-order valence-electron chi connectivity index (χ3n) is 4.19. The topological polar surface area (TPSA) is 95.0 Å². The number of aromatic carboxylic acids is 1. The molecule has 3 rings (SSSR count). The summed E-state index contributed by atoms with van der Waals surface area (Å²) in [7, 11) is 4.45. The van der Waals surface area contributed by atoms with Crippen molar-refractivity contribution in [1.29, 1.82) is 0 Å². The number of carbonyl (C=O) groups is 2. The molecular formula is C20H17NO6. The predicted molar refractivity (Wildman–Crippen MR) is 98.2 cm³/mol. The summed E-state index contributed by atoms with van der Waals surface area (Å²) in [6.07, 6.45) is 1.17. The molecule has 7 nitrogen and oxygen atoms in total. The van der Waals surface area contributed by atoms with Gasteiger partial charge in [0.25, 0.3) is 0 Å². The van der Waals surface area contributed by atoms with Crippen molar-refractivity contribution in [2.24, 2.45) is 0 Å². The van der Waals surface area contributed by atoms with Gasteiger partial charge in [-0.3, -0.25) is 9.78 Å². The van der Waals surface area contributed by atoms with Crippen LogP contribution >= 0.6 is 0 Å². The summed E-state index contributed by atoms with van der Waals surface area (Å²) in [5.41, 5.74) is 0.501. The van der Waals surface area contributed by atoms with Crippen LogP contribution in [0.25, 0.3) is 10.8 Å². The maximum Gasteiger partial charge on any atom is 0.337 e. The summed E-state index contributed by atoms with van der Waals surface area (Å²) in [5, 5.41) is 10.2. The van der Waals surface area contributed by atoms with Crippen molar-refractivity contribution in [1.82, 2.24) is 4.98 Å². The van der Waals surface area contributed by atoms with E-state index in [0.717, 1.165) is 0 Å². The molecule has 7 heteroatoms. The summed E-state index contributed by atoms with van der Waals surface area (Å²) in [6, 6.07) is 9.69. The Bertz CT molecular complexity index is 1030. The molecule has 27 heavy (non-hydrogen) atoms. The van der Waals surface area contributed by atoms with Crippen LogP contribution in [0.2, 0.25) is 0 Å². The molecule has 0 radical (unpaired) electrons. The summed E-state index contributed by atoms with van der Waals surface area (Å²) >= 11 is 0. The second-order valence-corrected chi connectivity index (χ2v) is 5.64. The van der Waals surface area contributed by atoms with Crippen LogP contribution in [-0.2, 0) is 0 Å². The average molecular weight is 367 g/mol. The standard InChI is InChI=1S/C20H17NO6/c1-25-12-6-4-11(5-7-12)19(22)18-14-9-17(27-3)16(26-2)8-13(14)15(10-21-18)20(23)24/h4-10H,1-3H3,(H,23,24). The molecule has 0 saturated heterocycles. The molecule has 2 aromatic carbocycles. The first-order valence-electron chi connectivity index (χ1n) is 7.97. The summed E-state index contributed by atoms with van der Waals surface area (Å²) in [6.45, 7) is 0. The van der Waals surface area contributed by atoms with E-state index in [1.54, 1.807) is 30.3 Å². The van der Waals surface area contributed by atoms with Gasteiger partial charge in [0.05, 0.1) is 26.9 Å². The number of pyridine rings is 1. The van der Waals surface area contributed by atoms with Crippen molar-refractivity contribution in [3.63, 3.8) is 0 Å². The van der Waals surface area contributed by atoms with Crippen LogP contribution in [0.15, 0.2) is 42.6 Å². The van der Waals surface area contributed by atoms with Crippen LogP contribution in [0.5, 0.6) is 17.2 Å². The van der Waals surface area contributed by atoms with Gasteiger partial charge in [0.2, 0.25) is 5.78 Å². The second kappa shape index (κ2) is 7.33. The summed E-state index contributed by atoms with van der Waals surface area (Å²) < 4.78 is 15.6. The van der Waals surface area contributed by atoms with E-state index in [2.05, 4.69) is 4.98 Å². The summed E-state index contributed by atoms with van der Waals surface area (Å²) in [5.74, 6) is -0.133. The summed E-state index contributed by atoms with van der Waals surface area (Å²) in [4.78, 5) is 28.7. The van der Waals surface area contributed by atoms with Gasteiger partial charge < -0.3 is 19.3 Å². The first-order valence-corrected chi connectivity index (χ1v) is 7.97. The number of ether oxygens (including phenoxy) is 3. The number of carbonyl (C=O) groups excluding carboxylic acids is 1. The fourth-order valence-electron chi connectivity index (χ4n) is 2.80. The minimum absolute atomic E-state index is 0.0303. The van der Waals surface area contributed by atoms with E-state index in [9.17, 15) is 14.7 Å². The number of carboxylic acid groups (broad SMARTS) is 1. The Kier molecular flexibility index (Phi) is 4.94. The first kappa shape index (κ1) is 18.2. The highest BCUT2D eigenvalue weighted by atomic mass is 16.5. The molecule has 0 bridgehead atoms. The number of ketones is 1. The van der Waals surface area contributed by atoms with Gasteiger partial charge in [-0.25, -0.2) is 4.79 Å². The number of hydrogen-bond acceptors (Lipinski definition) is 6. The molecule has 0 saturated carbocycles. The van der Waals surface area contributed by atoms with Crippen LogP contribution in [0.1, 0.15) is 26.4 Å². The number of nitrogens with zero attached hydrogens (tertiary/aromatic N) is 1.